The molecule has 1 heterocycles. The Morgan fingerprint density at radius 3 is 2.59 bits per heavy atom. The number of carbonyl (C=O) groups excluding carboxylic acids is 1. The van der Waals surface area contributed by atoms with Crippen molar-refractivity contribution in [3.05, 3.63) is 0 Å². The first-order valence-corrected chi connectivity index (χ1v) is 6.23. The van der Waals surface area contributed by atoms with Crippen molar-refractivity contribution in [2.75, 3.05) is 0 Å². The van der Waals surface area contributed by atoms with Crippen LogP contribution in [0.4, 0.5) is 0 Å². The van der Waals surface area contributed by atoms with E-state index in [1.54, 1.807) is 0 Å². The lowest BCUT2D eigenvalue weighted by Gasteiger charge is -2.16. The average Bonchev–Trinajstić information content (AvgIpc) is 2.75. The molecule has 0 spiro atoms. The van der Waals surface area contributed by atoms with Crippen molar-refractivity contribution in [2.45, 2.75) is 64.2 Å². The summed E-state index contributed by atoms with van der Waals surface area (Å²) in [7, 11) is 0. The molecule has 0 bridgehead atoms. The van der Waals surface area contributed by atoms with E-state index >= 15 is 0 Å². The first-order chi connectivity index (χ1) is 8.04. The maximum Gasteiger partial charge on any atom is 0.332 e. The molecule has 2 N–H and O–H groups in total. The van der Waals surface area contributed by atoms with Crippen molar-refractivity contribution in [1.29, 1.82) is 0 Å². The zero-order chi connectivity index (χ0) is 12.8. The normalized spacial score (nSPS) is 25.5. The van der Waals surface area contributed by atoms with Gasteiger partial charge in [-0.2, -0.15) is 0 Å². The van der Waals surface area contributed by atoms with Crippen LogP contribution in [0.15, 0.2) is 0 Å². The van der Waals surface area contributed by atoms with Crippen LogP contribution in [-0.4, -0.2) is 35.2 Å². The highest BCUT2D eigenvalue weighted by Gasteiger charge is 2.34. The fourth-order valence-corrected chi connectivity index (χ4v) is 1.93. The number of amides is 1. The van der Waals surface area contributed by atoms with Crippen LogP contribution in [0.2, 0.25) is 0 Å². The van der Waals surface area contributed by atoms with Gasteiger partial charge in [-0.1, -0.05) is 19.8 Å². The molecule has 0 aromatic rings. The molecule has 1 aliphatic heterocycles. The minimum Gasteiger partial charge on any atom is -0.479 e. The van der Waals surface area contributed by atoms with Crippen LogP contribution in [0.25, 0.3) is 0 Å². The fourth-order valence-electron chi connectivity index (χ4n) is 1.93. The van der Waals surface area contributed by atoms with E-state index in [-0.39, 0.29) is 11.9 Å². The first kappa shape index (κ1) is 14.0. The summed E-state index contributed by atoms with van der Waals surface area (Å²) in [6.07, 6.45) is 2.60. The summed E-state index contributed by atoms with van der Waals surface area (Å²) in [6.45, 7) is 4.06. The Morgan fingerprint density at radius 1 is 1.41 bits per heavy atom. The number of aliphatic carboxylic acids is 1. The molecule has 5 heteroatoms. The first-order valence-electron chi connectivity index (χ1n) is 6.23. The molecule has 0 aliphatic carbocycles. The lowest BCUT2D eigenvalue weighted by molar-refractivity contribution is -0.151. The number of hydrogen-bond donors (Lipinski definition) is 2. The van der Waals surface area contributed by atoms with Crippen molar-refractivity contribution in [1.82, 2.24) is 5.32 Å². The molecule has 1 amide bonds. The molecule has 1 aliphatic rings. The van der Waals surface area contributed by atoms with Gasteiger partial charge in [0.15, 0.2) is 6.10 Å². The van der Waals surface area contributed by atoms with Crippen LogP contribution in [-0.2, 0) is 14.3 Å². The van der Waals surface area contributed by atoms with E-state index in [0.717, 1.165) is 19.3 Å². The molecule has 1 rings (SSSR count). The van der Waals surface area contributed by atoms with Gasteiger partial charge in [0.2, 0.25) is 5.91 Å². The Kier molecular flexibility index (Phi) is 5.41. The highest BCUT2D eigenvalue weighted by atomic mass is 16.5. The van der Waals surface area contributed by atoms with Crippen molar-refractivity contribution in [2.24, 2.45) is 0 Å². The smallest absolute Gasteiger partial charge is 0.332 e. The molecular weight excluding hydrogens is 222 g/mol. The van der Waals surface area contributed by atoms with Crippen molar-refractivity contribution >= 4 is 11.9 Å². The Morgan fingerprint density at radius 2 is 2.06 bits per heavy atom. The molecule has 98 valence electrons. The number of rotatable bonds is 6. The highest BCUT2D eigenvalue weighted by Crippen LogP contribution is 2.20. The van der Waals surface area contributed by atoms with Crippen molar-refractivity contribution in [3.8, 4) is 0 Å². The fraction of sp³-hybridized carbons (Fsp3) is 0.833. The van der Waals surface area contributed by atoms with E-state index < -0.39 is 18.2 Å². The maximum absolute atomic E-state index is 11.8. The van der Waals surface area contributed by atoms with Gasteiger partial charge in [-0.05, 0) is 26.2 Å². The number of unbranched alkanes of at least 4 members (excludes halogenated alkanes) is 1. The molecule has 5 nitrogen and oxygen atoms in total. The Balaban J connectivity index is 2.31. The lowest BCUT2D eigenvalue weighted by atomic mass is 10.1. The van der Waals surface area contributed by atoms with E-state index in [1.807, 2.05) is 6.92 Å². The predicted molar refractivity (Wildman–Crippen MR) is 62.7 cm³/mol. The number of hydrogen-bond acceptors (Lipinski definition) is 3. The number of carboxylic acids is 1. The number of carboxylic acid groups (broad SMARTS) is 1. The van der Waals surface area contributed by atoms with Gasteiger partial charge in [0.25, 0.3) is 0 Å². The molecular formula is C12H21NO4. The zero-order valence-corrected chi connectivity index (χ0v) is 10.4. The summed E-state index contributed by atoms with van der Waals surface area (Å²) in [5.41, 5.74) is 0. The molecule has 1 fully saturated rings. The summed E-state index contributed by atoms with van der Waals surface area (Å²) in [6, 6.07) is 0.120. The van der Waals surface area contributed by atoms with Gasteiger partial charge in [-0.25, -0.2) is 4.79 Å². The molecule has 0 saturated carbocycles. The van der Waals surface area contributed by atoms with Crippen LogP contribution in [0, 0.1) is 0 Å². The van der Waals surface area contributed by atoms with Crippen molar-refractivity contribution in [3.63, 3.8) is 0 Å². The second-order valence-electron chi connectivity index (χ2n) is 4.58. The Bertz CT molecular complexity index is 280. The SMILES string of the molecule is CCCCC(C)NC(=O)[C@@H]1CC[C@H](C(=O)O)O1. The van der Waals surface area contributed by atoms with E-state index in [2.05, 4.69) is 12.2 Å². The molecule has 0 aromatic carbocycles. The van der Waals surface area contributed by atoms with E-state index in [9.17, 15) is 9.59 Å². The summed E-state index contributed by atoms with van der Waals surface area (Å²) in [4.78, 5) is 22.4. The average molecular weight is 243 g/mol. The Hall–Kier alpha value is -1.10. The Labute approximate surface area is 102 Å². The lowest BCUT2D eigenvalue weighted by Crippen LogP contribution is -2.40. The molecule has 17 heavy (non-hydrogen) atoms. The van der Waals surface area contributed by atoms with Crippen LogP contribution < -0.4 is 5.32 Å². The van der Waals surface area contributed by atoms with Gasteiger partial charge in [0.1, 0.15) is 6.10 Å². The summed E-state index contributed by atoms with van der Waals surface area (Å²) in [5, 5.41) is 11.6. The third-order valence-corrected chi connectivity index (χ3v) is 2.97. The quantitative estimate of drug-likeness (QED) is 0.737. The van der Waals surface area contributed by atoms with Crippen LogP contribution >= 0.6 is 0 Å². The summed E-state index contributed by atoms with van der Waals surface area (Å²) >= 11 is 0. The number of carbonyl (C=O) groups is 2. The third-order valence-electron chi connectivity index (χ3n) is 2.97. The van der Waals surface area contributed by atoms with Crippen LogP contribution in [0.1, 0.15) is 46.0 Å². The van der Waals surface area contributed by atoms with Gasteiger partial charge < -0.3 is 15.2 Å². The second kappa shape index (κ2) is 6.59. The predicted octanol–water partition coefficient (Wildman–Crippen LogP) is 1.31. The topological polar surface area (TPSA) is 75.6 Å². The second-order valence-corrected chi connectivity index (χ2v) is 4.58. The van der Waals surface area contributed by atoms with Crippen molar-refractivity contribution < 1.29 is 19.4 Å². The monoisotopic (exact) mass is 243 g/mol. The van der Waals surface area contributed by atoms with E-state index in [1.165, 1.54) is 0 Å². The highest BCUT2D eigenvalue weighted by molar-refractivity contribution is 5.82. The summed E-state index contributed by atoms with van der Waals surface area (Å²) in [5.74, 6) is -1.17. The number of ether oxygens (including phenoxy) is 1. The summed E-state index contributed by atoms with van der Waals surface area (Å²) < 4.78 is 5.18. The van der Waals surface area contributed by atoms with Gasteiger partial charge >= 0.3 is 5.97 Å². The number of nitrogens with one attached hydrogen (secondary N) is 1. The standard InChI is InChI=1S/C12H21NO4/c1-3-4-5-8(2)13-11(14)9-6-7-10(17-9)12(15)16/h8-10H,3-7H2,1-2H3,(H,13,14)(H,15,16)/t8?,9-,10+/m0/s1. The van der Waals surface area contributed by atoms with E-state index in [0.29, 0.717) is 12.8 Å². The molecule has 1 unspecified atom stereocenters. The van der Waals surface area contributed by atoms with Crippen LogP contribution in [0.5, 0.6) is 0 Å². The van der Waals surface area contributed by atoms with Crippen LogP contribution in [0.3, 0.4) is 0 Å². The molecule has 0 aromatic heterocycles. The minimum absolute atomic E-state index is 0.120. The molecule has 3 atom stereocenters. The van der Waals surface area contributed by atoms with Gasteiger partial charge in [-0.3, -0.25) is 4.79 Å². The molecule has 1 saturated heterocycles. The minimum atomic E-state index is -0.987. The zero-order valence-electron chi connectivity index (χ0n) is 10.4. The largest absolute Gasteiger partial charge is 0.479 e. The van der Waals surface area contributed by atoms with Gasteiger partial charge in [-0.15, -0.1) is 0 Å². The third kappa shape index (κ3) is 4.34. The van der Waals surface area contributed by atoms with Gasteiger partial charge in [0.05, 0.1) is 0 Å². The maximum atomic E-state index is 11.8. The van der Waals surface area contributed by atoms with Gasteiger partial charge in [0, 0.05) is 6.04 Å². The van der Waals surface area contributed by atoms with E-state index in [4.69, 9.17) is 9.84 Å². The molecule has 0 radical (unpaired) electrons.